The smallest absolute Gasteiger partial charge is 0.408 e. The minimum atomic E-state index is -1.70. The Kier molecular flexibility index (Phi) is 40.2. The largest absolute Gasteiger partial charge is 0.467 e. The second-order valence-corrected chi connectivity index (χ2v) is 30.5. The second-order valence-electron chi connectivity index (χ2n) is 29.5. The number of ether oxygens (including phenoxy) is 3. The maximum absolute atomic E-state index is 15.2. The molecule has 0 bridgehead atoms. The number of hydrogen-bond donors (Lipinski definition) is 13. The number of esters is 1. The van der Waals surface area contributed by atoms with Crippen LogP contribution < -0.4 is 65.1 Å². The molecular weight excluding hydrogens is 1540 g/mol. The van der Waals surface area contributed by atoms with Gasteiger partial charge in [0.25, 0.3) is 0 Å². The minimum Gasteiger partial charge on any atom is -0.467 e. The van der Waals surface area contributed by atoms with Gasteiger partial charge in [-0.3, -0.25) is 62.9 Å². The topological polar surface area (TPSA) is 507 Å². The lowest BCUT2D eigenvalue weighted by molar-refractivity contribution is -0.148. The summed E-state index contributed by atoms with van der Waals surface area (Å²) in [5.74, 6) is -10.4. The van der Waals surface area contributed by atoms with Crippen molar-refractivity contribution >= 4 is 107 Å². The summed E-state index contributed by atoms with van der Waals surface area (Å²) in [7, 11) is 3.95. The molecule has 10 atom stereocenters. The number of nitrogens with zero attached hydrogens (tertiary/aromatic N) is 4. The third-order valence-electron chi connectivity index (χ3n) is 19.9. The molecule has 16 N–H and O–H groups in total. The third kappa shape index (κ3) is 32.3. The highest BCUT2D eigenvalue weighted by atomic mass is 32.2. The number of unbranched alkanes of at least 4 members (excludes halogenated alkanes) is 1. The van der Waals surface area contributed by atoms with Crippen molar-refractivity contribution in [3.8, 4) is 0 Å². The predicted octanol–water partition coefficient (Wildman–Crippen LogP) is 1.81. The zero-order chi connectivity index (χ0) is 86.2. The molecule has 35 nitrogen and oxygen atoms in total. The van der Waals surface area contributed by atoms with Gasteiger partial charge in [-0.2, -0.15) is 11.8 Å². The molecule has 118 heavy (non-hydrogen) atoms. The van der Waals surface area contributed by atoms with Gasteiger partial charge in [0, 0.05) is 66.0 Å². The number of thioether (sulfide) groups is 1. The Hall–Kier alpha value is -11.9. The summed E-state index contributed by atoms with van der Waals surface area (Å²) in [5, 5.41) is 31.8. The van der Waals surface area contributed by atoms with Gasteiger partial charge in [-0.05, 0) is 124 Å². The predicted molar refractivity (Wildman–Crippen MR) is 438 cm³/mol. The van der Waals surface area contributed by atoms with Gasteiger partial charge < -0.3 is 98.9 Å². The summed E-state index contributed by atoms with van der Waals surface area (Å²) in [6.07, 6.45) is -0.143. The van der Waals surface area contributed by atoms with Crippen molar-refractivity contribution in [2.75, 3.05) is 65.9 Å². The van der Waals surface area contributed by atoms with Crippen LogP contribution in [0.2, 0.25) is 0 Å². The molecule has 0 spiro atoms. The quantitative estimate of drug-likeness (QED) is 0.00986. The van der Waals surface area contributed by atoms with E-state index in [-0.39, 0.29) is 128 Å². The molecule has 2 heterocycles. The average molecular weight is 1660 g/mol. The monoisotopic (exact) mass is 1660 g/mol. The number of methoxy groups -OCH3 is 1. The number of amides is 14. The number of benzene rings is 4. The van der Waals surface area contributed by atoms with Crippen molar-refractivity contribution in [3.63, 3.8) is 0 Å². The lowest BCUT2D eigenvalue weighted by atomic mass is 10.0. The van der Waals surface area contributed by atoms with Gasteiger partial charge in [0.1, 0.15) is 73.6 Å². The summed E-state index contributed by atoms with van der Waals surface area (Å²) in [6.45, 7) is 3.33. The maximum atomic E-state index is 15.2. The SMILES string of the molecule is COC(=O)[C@@H](CCSC)NC(=O)[C@H](CC(C)C)N(C)C(=O)CN(C)C(=O)[C@H](Cc1ccccc1)NC(=O)[C@@H](Cc1ccccc1)NC(=O)[C@H](CCC(N)=O)NC(=O)[C@H](CCC(N)=O)NC(=O)[C@@H]1CCCN1C(=O)[C@H](CCCCNC(=O)OCc1ccccc1)NC(=O)[C@@H]1CCCN1C(=O)[C@H](CCCNC(=N)N)NC(=O)OCc1ccccc1. The van der Waals surface area contributed by atoms with E-state index >= 15 is 9.59 Å². The highest BCUT2D eigenvalue weighted by Crippen LogP contribution is 2.25. The first-order valence-corrected chi connectivity index (χ1v) is 41.0. The molecular formula is C82H115N17O18S. The fourth-order valence-electron chi connectivity index (χ4n) is 13.6. The van der Waals surface area contributed by atoms with Crippen LogP contribution in [0.25, 0.3) is 0 Å². The molecule has 2 aliphatic heterocycles. The van der Waals surface area contributed by atoms with E-state index in [0.717, 1.165) is 10.5 Å². The van der Waals surface area contributed by atoms with E-state index < -0.39 is 182 Å². The number of nitrogens with two attached hydrogens (primary N) is 3. The molecule has 4 aromatic rings. The van der Waals surface area contributed by atoms with Gasteiger partial charge in [-0.15, -0.1) is 0 Å². The van der Waals surface area contributed by atoms with Crippen LogP contribution >= 0.6 is 11.8 Å². The van der Waals surface area contributed by atoms with Crippen molar-refractivity contribution in [3.05, 3.63) is 144 Å². The Labute approximate surface area is 691 Å². The van der Waals surface area contributed by atoms with Crippen LogP contribution in [0.3, 0.4) is 0 Å². The van der Waals surface area contributed by atoms with Gasteiger partial charge >= 0.3 is 18.2 Å². The number of rotatable bonds is 48. The van der Waals surface area contributed by atoms with Crippen molar-refractivity contribution in [2.45, 2.75) is 197 Å². The molecule has 2 saturated heterocycles. The second kappa shape index (κ2) is 49.9. The van der Waals surface area contributed by atoms with E-state index in [9.17, 15) is 62.3 Å². The van der Waals surface area contributed by atoms with Gasteiger partial charge in [0.2, 0.25) is 70.9 Å². The molecule has 0 radical (unpaired) electrons. The normalized spacial score (nSPS) is 15.6. The minimum absolute atomic E-state index is 0.00175. The van der Waals surface area contributed by atoms with E-state index in [0.29, 0.717) is 28.9 Å². The van der Waals surface area contributed by atoms with Gasteiger partial charge in [0.15, 0.2) is 5.96 Å². The first kappa shape index (κ1) is 95.0. The van der Waals surface area contributed by atoms with Crippen molar-refractivity contribution < 1.29 is 86.1 Å². The molecule has 4 aromatic carbocycles. The highest BCUT2D eigenvalue weighted by molar-refractivity contribution is 7.98. The fraction of sp³-hybridized carbons (Fsp3) is 0.512. The van der Waals surface area contributed by atoms with Crippen molar-refractivity contribution in [1.29, 1.82) is 5.41 Å². The van der Waals surface area contributed by atoms with E-state index in [1.807, 2.05) is 26.2 Å². The van der Waals surface area contributed by atoms with Crippen molar-refractivity contribution in [2.24, 2.45) is 23.1 Å². The number of alkyl carbamates (subject to hydrolysis) is 2. The summed E-state index contributed by atoms with van der Waals surface area (Å²) in [6, 6.07) is 21.4. The summed E-state index contributed by atoms with van der Waals surface area (Å²) in [5.41, 5.74) is 19.3. The number of carbonyl (C=O) groups excluding carboxylic acids is 15. The molecule has 6 rings (SSSR count). The van der Waals surface area contributed by atoms with Gasteiger partial charge in [-0.1, -0.05) is 135 Å². The molecule has 0 unspecified atom stereocenters. The van der Waals surface area contributed by atoms with Crippen LogP contribution in [-0.4, -0.2) is 241 Å². The van der Waals surface area contributed by atoms with Crippen LogP contribution in [0.15, 0.2) is 121 Å². The zero-order valence-corrected chi connectivity index (χ0v) is 68.7. The molecule has 14 amide bonds. The lowest BCUT2D eigenvalue weighted by Gasteiger charge is -2.32. The summed E-state index contributed by atoms with van der Waals surface area (Å²) in [4.78, 5) is 216. The lowest BCUT2D eigenvalue weighted by Crippen LogP contribution is -2.60. The first-order chi connectivity index (χ1) is 56.5. The number of guanidine groups is 1. The number of carbonyl (C=O) groups is 15. The van der Waals surface area contributed by atoms with E-state index in [4.69, 9.17) is 36.8 Å². The van der Waals surface area contributed by atoms with E-state index in [2.05, 4.69) is 47.9 Å². The first-order valence-electron chi connectivity index (χ1n) is 39.6. The highest BCUT2D eigenvalue weighted by Gasteiger charge is 2.44. The van der Waals surface area contributed by atoms with Crippen LogP contribution in [0.4, 0.5) is 9.59 Å². The fourth-order valence-corrected chi connectivity index (χ4v) is 14.1. The number of nitrogens with one attached hydrogen (secondary N) is 10. The molecule has 642 valence electrons. The van der Waals surface area contributed by atoms with Crippen LogP contribution in [0.5, 0.6) is 0 Å². The van der Waals surface area contributed by atoms with E-state index in [1.165, 1.54) is 47.7 Å². The number of hydrogen-bond acceptors (Lipinski definition) is 20. The Bertz CT molecular complexity index is 4020. The average Bonchev–Trinajstić information content (AvgIpc) is 1.62. The molecule has 2 fully saturated rings. The Balaban J connectivity index is 1.22. The van der Waals surface area contributed by atoms with Crippen LogP contribution in [0, 0.1) is 11.3 Å². The number of likely N-dealkylation sites (tertiary alicyclic amines) is 2. The molecule has 0 saturated carbocycles. The Morgan fingerprint density at radius 3 is 1.42 bits per heavy atom. The standard InChI is InChI=1S/C82H115N17O18S/c1-52(2)46-66(75(108)92-61(40-45-118-6)79(112)115-5)97(4)69(102)49-96(3)76(109)63(48-54-26-13-8-14-27-54)94-72(105)62(47-53-24-11-7-12-25-53)93-71(104)57(36-38-67(83)100)89-70(103)58(37-39-68(84)101)90-73(106)64-34-22-43-98(64)77(110)59(32-19-20-41-88-81(113)116-50-55-28-15-9-16-29-55)91-74(107)65-35-23-44-99(65)78(111)60(33-21-42-87-80(85)86)95-82(114)117-51-56-30-17-10-18-31-56/h7-18,24-31,52,57-66H,19-23,32-51H2,1-6H3,(H2,83,100)(H2,84,101)(H,88,113)(H,89,103)(H,90,106)(H,91,107)(H,92,108)(H,93,104)(H,94,105)(H,95,114)(H4,85,86,87)/t57-,58-,59-,60-,61+,62+,63-,64-,65-,66-/m0/s1. The Morgan fingerprint density at radius 2 is 0.932 bits per heavy atom. The molecule has 36 heteroatoms. The number of likely N-dealkylation sites (N-methyl/N-ethyl adjacent to an activating group) is 2. The van der Waals surface area contributed by atoms with Gasteiger partial charge in [0.05, 0.1) is 13.7 Å². The Morgan fingerprint density at radius 1 is 0.500 bits per heavy atom. The third-order valence-corrected chi connectivity index (χ3v) is 20.6. The zero-order valence-electron chi connectivity index (χ0n) is 67.9. The molecule has 0 aromatic heterocycles. The van der Waals surface area contributed by atoms with Crippen LogP contribution in [-0.2, 0) is 103 Å². The molecule has 2 aliphatic rings. The summed E-state index contributed by atoms with van der Waals surface area (Å²) >= 11 is 1.46. The summed E-state index contributed by atoms with van der Waals surface area (Å²) < 4.78 is 15.8. The number of primary amides is 2. The van der Waals surface area contributed by atoms with Gasteiger partial charge in [-0.25, -0.2) is 14.4 Å². The van der Waals surface area contributed by atoms with Crippen molar-refractivity contribution in [1.82, 2.24) is 67.5 Å². The molecule has 0 aliphatic carbocycles. The van der Waals surface area contributed by atoms with E-state index in [1.54, 1.807) is 115 Å². The maximum Gasteiger partial charge on any atom is 0.408 e. The van der Waals surface area contributed by atoms with Crippen LogP contribution in [0.1, 0.15) is 132 Å².